The Balaban J connectivity index is 1.87. The number of aryl methyl sites for hydroxylation is 2. The lowest BCUT2D eigenvalue weighted by Gasteiger charge is -2.35. The monoisotopic (exact) mass is 311 g/mol. The highest BCUT2D eigenvalue weighted by atomic mass is 16.4. The molecule has 1 aromatic carbocycles. The second-order valence-electron chi connectivity index (χ2n) is 6.32. The lowest BCUT2D eigenvalue weighted by molar-refractivity contribution is 0.0101. The third-order valence-corrected chi connectivity index (χ3v) is 4.87. The molecule has 23 heavy (non-hydrogen) atoms. The van der Waals surface area contributed by atoms with E-state index < -0.39 is 11.6 Å². The third kappa shape index (κ3) is 2.99. The van der Waals surface area contributed by atoms with Crippen molar-refractivity contribution in [2.45, 2.75) is 44.6 Å². The minimum absolute atomic E-state index is 0.267. The molecular weight excluding hydrogens is 290 g/mol. The topological polar surface area (TPSA) is 70.4 Å². The van der Waals surface area contributed by atoms with Crippen molar-refractivity contribution in [3.05, 3.63) is 64.5 Å². The molecule has 0 radical (unpaired) electrons. The molecule has 1 atom stereocenters. The molecule has 4 nitrogen and oxygen atoms in total. The summed E-state index contributed by atoms with van der Waals surface area (Å²) in [6, 6.07) is 7.58. The zero-order valence-electron chi connectivity index (χ0n) is 13.2. The molecule has 2 aromatic rings. The number of pyridine rings is 1. The summed E-state index contributed by atoms with van der Waals surface area (Å²) in [4.78, 5) is 15.3. The Bertz CT molecular complexity index is 741. The van der Waals surface area contributed by atoms with Crippen molar-refractivity contribution >= 4 is 5.97 Å². The first kappa shape index (κ1) is 15.7. The summed E-state index contributed by atoms with van der Waals surface area (Å²) in [6.07, 6.45) is 6.75. The molecular formula is C19H21NO3. The number of aromatic carboxylic acids is 1. The van der Waals surface area contributed by atoms with Crippen LogP contribution in [0.1, 0.15) is 51.9 Å². The number of carboxylic acid groups (broad SMARTS) is 1. The fourth-order valence-electron chi connectivity index (χ4n) is 3.60. The molecule has 0 fully saturated rings. The van der Waals surface area contributed by atoms with Gasteiger partial charge in [-0.2, -0.15) is 0 Å². The van der Waals surface area contributed by atoms with Gasteiger partial charge in [0.1, 0.15) is 0 Å². The predicted molar refractivity (Wildman–Crippen MR) is 87.5 cm³/mol. The molecule has 3 rings (SSSR count). The number of fused-ring (bicyclic) bond motifs is 1. The van der Waals surface area contributed by atoms with Gasteiger partial charge in [0, 0.05) is 12.4 Å². The normalized spacial score (nSPS) is 20.1. The highest BCUT2D eigenvalue weighted by Crippen LogP contribution is 2.39. The molecule has 0 saturated heterocycles. The van der Waals surface area contributed by atoms with E-state index in [9.17, 15) is 15.0 Å². The van der Waals surface area contributed by atoms with Crippen LogP contribution in [-0.2, 0) is 18.4 Å². The molecule has 0 spiro atoms. The van der Waals surface area contributed by atoms with Gasteiger partial charge in [0.25, 0.3) is 0 Å². The predicted octanol–water partition coefficient (Wildman–Crippen LogP) is 3.24. The molecule has 0 amide bonds. The van der Waals surface area contributed by atoms with Crippen LogP contribution in [0.4, 0.5) is 0 Å². The number of hydrogen-bond donors (Lipinski definition) is 2. The maximum atomic E-state index is 11.3. The Morgan fingerprint density at radius 2 is 2.17 bits per heavy atom. The molecule has 120 valence electrons. The molecule has 2 N–H and O–H groups in total. The van der Waals surface area contributed by atoms with Crippen LogP contribution in [0.15, 0.2) is 36.7 Å². The van der Waals surface area contributed by atoms with Crippen LogP contribution >= 0.6 is 0 Å². The molecule has 1 aliphatic carbocycles. The van der Waals surface area contributed by atoms with E-state index in [0.717, 1.165) is 18.4 Å². The van der Waals surface area contributed by atoms with E-state index in [0.29, 0.717) is 24.8 Å². The van der Waals surface area contributed by atoms with E-state index in [-0.39, 0.29) is 5.56 Å². The lowest BCUT2D eigenvalue weighted by Crippen LogP contribution is -2.31. The number of carboxylic acids is 1. The molecule has 1 unspecified atom stereocenters. The van der Waals surface area contributed by atoms with Gasteiger partial charge in [-0.1, -0.05) is 18.2 Å². The van der Waals surface area contributed by atoms with E-state index in [1.54, 1.807) is 6.20 Å². The first-order valence-electron chi connectivity index (χ1n) is 7.99. The smallest absolute Gasteiger partial charge is 0.336 e. The molecule has 1 aliphatic rings. The van der Waals surface area contributed by atoms with Crippen molar-refractivity contribution in [2.75, 3.05) is 0 Å². The molecule has 4 heteroatoms. The second-order valence-corrected chi connectivity index (χ2v) is 6.32. The van der Waals surface area contributed by atoms with Crippen molar-refractivity contribution in [1.29, 1.82) is 0 Å². The first-order valence-corrected chi connectivity index (χ1v) is 7.99. The molecule has 0 saturated carbocycles. The second kappa shape index (κ2) is 6.13. The number of aromatic nitrogens is 1. The van der Waals surface area contributed by atoms with Crippen LogP contribution in [0.2, 0.25) is 0 Å². The molecule has 1 heterocycles. The summed E-state index contributed by atoms with van der Waals surface area (Å²) in [5.41, 5.74) is 3.52. The van der Waals surface area contributed by atoms with Gasteiger partial charge in [0.2, 0.25) is 0 Å². The molecule has 1 aromatic heterocycles. The minimum atomic E-state index is -0.950. The summed E-state index contributed by atoms with van der Waals surface area (Å²) in [7, 11) is 0. The average molecular weight is 311 g/mol. The van der Waals surface area contributed by atoms with Crippen LogP contribution in [0.3, 0.4) is 0 Å². The Morgan fingerprint density at radius 3 is 2.96 bits per heavy atom. The van der Waals surface area contributed by atoms with E-state index in [4.69, 9.17) is 0 Å². The Labute approximate surface area is 135 Å². The van der Waals surface area contributed by atoms with Gasteiger partial charge in [-0.3, -0.25) is 4.98 Å². The zero-order valence-corrected chi connectivity index (χ0v) is 13.2. The number of rotatable bonds is 4. The summed E-state index contributed by atoms with van der Waals surface area (Å²) in [5, 5.41) is 20.4. The highest BCUT2D eigenvalue weighted by Gasteiger charge is 2.34. The van der Waals surface area contributed by atoms with Crippen LogP contribution in [0.5, 0.6) is 0 Å². The number of aliphatic hydroxyl groups is 1. The lowest BCUT2D eigenvalue weighted by atomic mass is 9.75. The largest absolute Gasteiger partial charge is 0.478 e. The first-order chi connectivity index (χ1) is 11.0. The summed E-state index contributed by atoms with van der Waals surface area (Å²) < 4.78 is 0. The zero-order chi connectivity index (χ0) is 16.4. The van der Waals surface area contributed by atoms with Gasteiger partial charge < -0.3 is 10.2 Å². The van der Waals surface area contributed by atoms with Gasteiger partial charge in [0.05, 0.1) is 11.2 Å². The Kier molecular flexibility index (Phi) is 4.18. The van der Waals surface area contributed by atoms with Crippen molar-refractivity contribution in [2.24, 2.45) is 0 Å². The Hall–Kier alpha value is -2.20. The minimum Gasteiger partial charge on any atom is -0.478 e. The molecule has 0 aliphatic heterocycles. The van der Waals surface area contributed by atoms with Crippen LogP contribution in [0, 0.1) is 6.92 Å². The van der Waals surface area contributed by atoms with Crippen molar-refractivity contribution < 1.29 is 15.0 Å². The van der Waals surface area contributed by atoms with E-state index in [2.05, 4.69) is 18.0 Å². The van der Waals surface area contributed by atoms with Crippen molar-refractivity contribution in [1.82, 2.24) is 4.98 Å². The fraction of sp³-hybridized carbons (Fsp3) is 0.368. The summed E-state index contributed by atoms with van der Waals surface area (Å²) in [6.45, 7) is 2.08. The van der Waals surface area contributed by atoms with Gasteiger partial charge >= 0.3 is 5.97 Å². The summed E-state index contributed by atoms with van der Waals surface area (Å²) >= 11 is 0. The fourth-order valence-corrected chi connectivity index (χ4v) is 3.60. The van der Waals surface area contributed by atoms with E-state index in [1.807, 2.05) is 12.1 Å². The summed E-state index contributed by atoms with van der Waals surface area (Å²) in [5.74, 6) is -0.950. The van der Waals surface area contributed by atoms with Crippen LogP contribution in [-0.4, -0.2) is 21.2 Å². The standard InChI is InChI=1S/C19H21NO3/c1-13-4-2-6-17-15(13)5-3-9-19(17,23)10-7-14-12-20-11-8-16(14)18(21)22/h2,4,6,8,11-12,23H,3,5,7,9-10H2,1H3,(H,21,22). The third-order valence-electron chi connectivity index (χ3n) is 4.87. The maximum absolute atomic E-state index is 11.3. The number of hydrogen-bond acceptors (Lipinski definition) is 3. The number of benzene rings is 1. The van der Waals surface area contributed by atoms with Gasteiger partial charge in [-0.15, -0.1) is 0 Å². The number of nitrogens with zero attached hydrogens (tertiary/aromatic N) is 1. The molecule has 0 bridgehead atoms. The van der Waals surface area contributed by atoms with Gasteiger partial charge in [-0.05, 0) is 67.3 Å². The average Bonchev–Trinajstić information content (AvgIpc) is 2.54. The van der Waals surface area contributed by atoms with Crippen LogP contribution < -0.4 is 0 Å². The highest BCUT2D eigenvalue weighted by molar-refractivity contribution is 5.89. The Morgan fingerprint density at radius 1 is 1.35 bits per heavy atom. The maximum Gasteiger partial charge on any atom is 0.336 e. The van der Waals surface area contributed by atoms with Crippen LogP contribution in [0.25, 0.3) is 0 Å². The quantitative estimate of drug-likeness (QED) is 0.909. The van der Waals surface area contributed by atoms with Gasteiger partial charge in [0.15, 0.2) is 0 Å². The van der Waals surface area contributed by atoms with Crippen molar-refractivity contribution in [3.63, 3.8) is 0 Å². The number of carbonyl (C=O) groups is 1. The van der Waals surface area contributed by atoms with Gasteiger partial charge in [-0.25, -0.2) is 4.79 Å². The van der Waals surface area contributed by atoms with E-state index in [1.165, 1.54) is 23.4 Å². The van der Waals surface area contributed by atoms with Crippen molar-refractivity contribution in [3.8, 4) is 0 Å². The van der Waals surface area contributed by atoms with E-state index >= 15 is 0 Å². The SMILES string of the molecule is Cc1cccc2c1CCCC2(O)CCc1cnccc1C(=O)O.